The van der Waals surface area contributed by atoms with E-state index in [1.807, 2.05) is 45.8 Å². The molecule has 8 nitrogen and oxygen atoms in total. The van der Waals surface area contributed by atoms with Crippen molar-refractivity contribution in [2.75, 3.05) is 32.6 Å². The molecule has 0 radical (unpaired) electrons. The third kappa shape index (κ3) is 10.1. The SMILES string of the molecule is C=O.C=c1c(OC)cc(C)c/c1=C/NC1(F)CC1.CCNc1c(C)cc(C(CNC=O)C2(F)CC2)nc1-c1ccc(F)cc1.CN. The lowest BCUT2D eigenvalue weighted by molar-refractivity contribution is -0.109. The van der Waals surface area contributed by atoms with Crippen molar-refractivity contribution in [1.82, 2.24) is 15.6 Å². The van der Waals surface area contributed by atoms with E-state index >= 15 is 0 Å². The number of carbonyl (C=O) groups is 2. The van der Waals surface area contributed by atoms with Crippen molar-refractivity contribution in [3.63, 3.8) is 0 Å². The highest BCUT2D eigenvalue weighted by Crippen LogP contribution is 2.51. The molecule has 2 aromatic carbocycles. The molecule has 2 fully saturated rings. The number of amides is 1. The van der Waals surface area contributed by atoms with Crippen LogP contribution in [-0.4, -0.2) is 56.9 Å². The van der Waals surface area contributed by atoms with Gasteiger partial charge in [-0.3, -0.25) is 9.78 Å². The van der Waals surface area contributed by atoms with Gasteiger partial charge in [0.25, 0.3) is 0 Å². The van der Waals surface area contributed by atoms with Crippen molar-refractivity contribution in [2.24, 2.45) is 5.73 Å². The van der Waals surface area contributed by atoms with Crippen LogP contribution in [0.2, 0.25) is 0 Å². The van der Waals surface area contributed by atoms with Crippen LogP contribution in [0.25, 0.3) is 24.0 Å². The number of rotatable bonds is 11. The monoisotopic (exact) mass is 641 g/mol. The number of carbonyl (C=O) groups excluding carboxylic acids is 2. The van der Waals surface area contributed by atoms with Crippen LogP contribution in [0.5, 0.6) is 5.75 Å². The second kappa shape index (κ2) is 17.4. The lowest BCUT2D eigenvalue weighted by Crippen LogP contribution is -2.31. The van der Waals surface area contributed by atoms with Gasteiger partial charge in [0.1, 0.15) is 24.0 Å². The van der Waals surface area contributed by atoms with Gasteiger partial charge in [0.05, 0.1) is 24.4 Å². The van der Waals surface area contributed by atoms with E-state index in [9.17, 15) is 18.0 Å². The Balaban J connectivity index is 0.000000315. The molecule has 0 spiro atoms. The maximum Gasteiger partial charge on any atom is 0.207 e. The van der Waals surface area contributed by atoms with Crippen LogP contribution in [0, 0.1) is 19.7 Å². The number of benzene rings is 2. The van der Waals surface area contributed by atoms with E-state index in [4.69, 9.17) is 14.5 Å². The summed E-state index contributed by atoms with van der Waals surface area (Å²) in [4.78, 5) is 23.4. The van der Waals surface area contributed by atoms with Crippen molar-refractivity contribution >= 4 is 31.7 Å². The number of halogens is 3. The molecular formula is C35H46F3N5O3. The second-order valence-electron chi connectivity index (χ2n) is 11.0. The fourth-order valence-electron chi connectivity index (χ4n) is 4.86. The molecule has 0 saturated heterocycles. The highest BCUT2D eigenvalue weighted by Gasteiger charge is 2.51. The van der Waals surface area contributed by atoms with E-state index in [0.29, 0.717) is 50.0 Å². The van der Waals surface area contributed by atoms with Gasteiger partial charge in [-0.2, -0.15) is 0 Å². The number of aromatic nitrogens is 1. The van der Waals surface area contributed by atoms with Crippen molar-refractivity contribution in [2.45, 2.75) is 63.8 Å². The van der Waals surface area contributed by atoms with E-state index in [1.54, 1.807) is 25.4 Å². The van der Waals surface area contributed by atoms with Gasteiger partial charge in [-0.1, -0.05) is 6.58 Å². The van der Waals surface area contributed by atoms with Crippen LogP contribution < -0.4 is 36.9 Å². The zero-order valence-electron chi connectivity index (χ0n) is 27.3. The van der Waals surface area contributed by atoms with Crippen LogP contribution in [-0.2, 0) is 9.59 Å². The number of hydrogen-bond donors (Lipinski definition) is 4. The predicted octanol–water partition coefficient (Wildman–Crippen LogP) is 4.55. The number of hydrogen-bond acceptors (Lipinski definition) is 7. The fraction of sp³-hybridized carbons (Fsp3) is 0.400. The highest BCUT2D eigenvalue weighted by atomic mass is 19.2. The number of alkyl halides is 2. The van der Waals surface area contributed by atoms with Gasteiger partial charge < -0.3 is 31.2 Å². The molecule has 250 valence electrons. The Kier molecular flexibility index (Phi) is 14.3. The molecule has 1 unspecified atom stereocenters. The Morgan fingerprint density at radius 1 is 1.07 bits per heavy atom. The largest absolute Gasteiger partial charge is 0.496 e. The lowest BCUT2D eigenvalue weighted by Gasteiger charge is -2.23. The zero-order chi connectivity index (χ0) is 34.5. The minimum Gasteiger partial charge on any atom is -0.496 e. The first-order chi connectivity index (χ1) is 22.0. The molecule has 1 atom stereocenters. The zero-order valence-corrected chi connectivity index (χ0v) is 27.3. The molecule has 1 aromatic heterocycles. The Morgan fingerprint density at radius 2 is 1.70 bits per heavy atom. The number of ether oxygens (including phenoxy) is 1. The number of anilines is 1. The van der Waals surface area contributed by atoms with Gasteiger partial charge in [0, 0.05) is 53.8 Å². The molecular weight excluding hydrogens is 595 g/mol. The smallest absolute Gasteiger partial charge is 0.207 e. The number of nitrogens with two attached hydrogens (primary N) is 1. The third-order valence-corrected chi connectivity index (χ3v) is 7.61. The van der Waals surface area contributed by atoms with E-state index < -0.39 is 17.4 Å². The minimum atomic E-state index is -1.32. The molecule has 1 amide bonds. The standard InChI is InChI=1S/C20H23F2N3O.C13H16FNO.CH5N.CH2O/c1-3-24-18-13(2)10-17(16(11-23-12-26)20(22)8-9-20)25-19(18)14-4-6-15(21)7-5-14;1-9-6-11(8-15-13(14)4-5-13)10(2)12(7-9)16-3;2*1-2/h4-7,10,12,16,24H,3,8-9,11H2,1-2H3,(H,23,26);6-8,15H,2,4-5H2,1,3H3;2H2,1H3;1H2/b;11-8-;;. The molecule has 5 N–H and O–H groups in total. The first-order valence-corrected chi connectivity index (χ1v) is 15.1. The highest BCUT2D eigenvalue weighted by molar-refractivity contribution is 5.77. The van der Waals surface area contributed by atoms with Crippen molar-refractivity contribution in [1.29, 1.82) is 0 Å². The second-order valence-corrected chi connectivity index (χ2v) is 11.0. The Labute approximate surface area is 269 Å². The maximum absolute atomic E-state index is 14.9. The summed E-state index contributed by atoms with van der Waals surface area (Å²) in [5, 5.41) is 10.3. The summed E-state index contributed by atoms with van der Waals surface area (Å²) < 4.78 is 46.8. The number of aryl methyl sites for hydroxylation is 2. The fourth-order valence-corrected chi connectivity index (χ4v) is 4.86. The number of nitrogens with zero attached hydrogens (tertiary/aromatic N) is 1. The maximum atomic E-state index is 14.9. The molecule has 0 bridgehead atoms. The third-order valence-electron chi connectivity index (χ3n) is 7.61. The average Bonchev–Trinajstić information content (AvgIpc) is 3.99. The summed E-state index contributed by atoms with van der Waals surface area (Å²) in [5.41, 5.74) is 8.08. The quantitative estimate of drug-likeness (QED) is 0.179. The Hall–Kier alpha value is -4.38. The van der Waals surface area contributed by atoms with Gasteiger partial charge in [0.15, 0.2) is 5.79 Å². The number of nitrogens with one attached hydrogen (secondary N) is 3. The molecule has 5 rings (SSSR count). The molecule has 11 heteroatoms. The van der Waals surface area contributed by atoms with Crippen LogP contribution in [0.1, 0.15) is 55.3 Å². The van der Waals surface area contributed by atoms with Crippen molar-refractivity contribution < 1.29 is 27.5 Å². The number of methoxy groups -OCH3 is 1. The summed E-state index contributed by atoms with van der Waals surface area (Å²) in [6.07, 6.45) is 4.38. The molecule has 2 saturated carbocycles. The Morgan fingerprint density at radius 3 is 2.22 bits per heavy atom. The molecule has 46 heavy (non-hydrogen) atoms. The average molecular weight is 642 g/mol. The van der Waals surface area contributed by atoms with Crippen LogP contribution in [0.15, 0.2) is 42.5 Å². The van der Waals surface area contributed by atoms with Crippen molar-refractivity contribution in [3.8, 4) is 17.0 Å². The van der Waals surface area contributed by atoms with E-state index in [-0.39, 0.29) is 12.4 Å². The summed E-state index contributed by atoms with van der Waals surface area (Å²) >= 11 is 0. The summed E-state index contributed by atoms with van der Waals surface area (Å²) in [7, 11) is 3.11. The topological polar surface area (TPSA) is 118 Å². The normalized spacial score (nSPS) is 15.6. The van der Waals surface area contributed by atoms with Crippen LogP contribution in [0.4, 0.5) is 18.9 Å². The van der Waals surface area contributed by atoms with Gasteiger partial charge >= 0.3 is 0 Å². The first-order valence-electron chi connectivity index (χ1n) is 15.1. The van der Waals surface area contributed by atoms with Crippen molar-refractivity contribution in [3.05, 3.63) is 75.5 Å². The summed E-state index contributed by atoms with van der Waals surface area (Å²) in [6.45, 7) is 12.7. The van der Waals surface area contributed by atoms with Crippen LogP contribution >= 0.6 is 0 Å². The summed E-state index contributed by atoms with van der Waals surface area (Å²) in [5.74, 6) is -1.28. The lowest BCUT2D eigenvalue weighted by atomic mass is 9.94. The van der Waals surface area contributed by atoms with Gasteiger partial charge in [-0.25, -0.2) is 13.2 Å². The number of pyridine rings is 1. The van der Waals surface area contributed by atoms with Gasteiger partial charge in [-0.15, -0.1) is 0 Å². The van der Waals surface area contributed by atoms with E-state index in [0.717, 1.165) is 38.6 Å². The molecule has 0 aliphatic heterocycles. The van der Waals surface area contributed by atoms with Gasteiger partial charge in [0.2, 0.25) is 6.41 Å². The predicted molar refractivity (Wildman–Crippen MR) is 179 cm³/mol. The Bertz CT molecular complexity index is 1540. The van der Waals surface area contributed by atoms with Gasteiger partial charge in [-0.05, 0) is 94.3 Å². The molecule has 1 heterocycles. The summed E-state index contributed by atoms with van der Waals surface area (Å²) in [6, 6.07) is 11.9. The molecule has 2 aliphatic rings. The van der Waals surface area contributed by atoms with E-state index in [2.05, 4.69) is 28.3 Å². The first kappa shape index (κ1) is 37.8. The molecule has 2 aliphatic carbocycles. The van der Waals surface area contributed by atoms with Crippen LogP contribution in [0.3, 0.4) is 0 Å². The molecule has 3 aromatic rings. The minimum absolute atomic E-state index is 0.204. The van der Waals surface area contributed by atoms with E-state index in [1.165, 1.54) is 19.2 Å².